The van der Waals surface area contributed by atoms with Crippen LogP contribution >= 0.6 is 0 Å². The molecule has 0 aromatic rings. The Balaban J connectivity index is 2.09. The number of aliphatic hydroxyl groups excluding tert-OH is 2. The fraction of sp³-hybridized carbons (Fsp3) is 1.00. The van der Waals surface area contributed by atoms with Gasteiger partial charge in [-0.3, -0.25) is 0 Å². The fourth-order valence-electron chi connectivity index (χ4n) is 1.47. The molecule has 0 amide bonds. The SMILES string of the molecule is OC[C@H]1O[C@H]2CC2(O)C1O. The summed E-state index contributed by atoms with van der Waals surface area (Å²) in [5, 5.41) is 27.2. The molecule has 4 atom stereocenters. The maximum atomic E-state index is 9.35. The van der Waals surface area contributed by atoms with Crippen LogP contribution in [0.4, 0.5) is 0 Å². The van der Waals surface area contributed by atoms with Gasteiger partial charge in [-0.2, -0.15) is 0 Å². The van der Waals surface area contributed by atoms with E-state index >= 15 is 0 Å². The Labute approximate surface area is 58.0 Å². The van der Waals surface area contributed by atoms with Crippen LogP contribution in [0, 0.1) is 0 Å². The Hall–Kier alpha value is -0.160. The first-order valence-electron chi connectivity index (χ1n) is 3.35. The summed E-state index contributed by atoms with van der Waals surface area (Å²) in [6, 6.07) is 0. The summed E-state index contributed by atoms with van der Waals surface area (Å²) in [6.45, 7) is -0.222. The van der Waals surface area contributed by atoms with Crippen LogP contribution in [0.1, 0.15) is 6.42 Å². The molecule has 4 nitrogen and oxygen atoms in total. The Bertz CT molecular complexity index is 160. The maximum Gasteiger partial charge on any atom is 0.122 e. The standard InChI is InChI=1S/C6H10O4/c7-2-3-5(8)6(9)1-4(6)10-3/h3-5,7-9H,1-2H2/t3-,4+,5?,6?/m1/s1. The van der Waals surface area contributed by atoms with Crippen LogP contribution in [0.25, 0.3) is 0 Å². The van der Waals surface area contributed by atoms with E-state index in [0.29, 0.717) is 6.42 Å². The van der Waals surface area contributed by atoms with Crippen molar-refractivity contribution < 1.29 is 20.1 Å². The van der Waals surface area contributed by atoms with Gasteiger partial charge in [-0.05, 0) is 0 Å². The third-order valence-corrected chi connectivity index (χ3v) is 2.29. The second kappa shape index (κ2) is 1.71. The van der Waals surface area contributed by atoms with Crippen LogP contribution in [0.3, 0.4) is 0 Å². The van der Waals surface area contributed by atoms with E-state index in [2.05, 4.69) is 0 Å². The van der Waals surface area contributed by atoms with Crippen molar-refractivity contribution in [3.8, 4) is 0 Å². The third kappa shape index (κ3) is 0.594. The third-order valence-electron chi connectivity index (χ3n) is 2.29. The molecule has 1 saturated carbocycles. The van der Waals surface area contributed by atoms with Gasteiger partial charge in [-0.1, -0.05) is 0 Å². The molecule has 1 aliphatic heterocycles. The van der Waals surface area contributed by atoms with Gasteiger partial charge in [0.05, 0.1) is 12.7 Å². The topological polar surface area (TPSA) is 69.9 Å². The van der Waals surface area contributed by atoms with Crippen LogP contribution in [-0.2, 0) is 4.74 Å². The van der Waals surface area contributed by atoms with Gasteiger partial charge in [-0.25, -0.2) is 0 Å². The second-order valence-electron chi connectivity index (χ2n) is 2.99. The molecule has 0 bridgehead atoms. The van der Waals surface area contributed by atoms with Crippen molar-refractivity contribution >= 4 is 0 Å². The summed E-state index contributed by atoms with van der Waals surface area (Å²) in [7, 11) is 0. The molecule has 2 fully saturated rings. The van der Waals surface area contributed by atoms with Gasteiger partial charge >= 0.3 is 0 Å². The number of ether oxygens (including phenoxy) is 1. The van der Waals surface area contributed by atoms with Gasteiger partial charge < -0.3 is 20.1 Å². The van der Waals surface area contributed by atoms with Gasteiger partial charge in [0.1, 0.15) is 17.8 Å². The Morgan fingerprint density at radius 1 is 1.60 bits per heavy atom. The Kier molecular flexibility index (Phi) is 1.12. The van der Waals surface area contributed by atoms with Crippen molar-refractivity contribution in [1.29, 1.82) is 0 Å². The van der Waals surface area contributed by atoms with Crippen LogP contribution in [0.15, 0.2) is 0 Å². The summed E-state index contributed by atoms with van der Waals surface area (Å²) in [6.07, 6.45) is -1.21. The lowest BCUT2D eigenvalue weighted by molar-refractivity contribution is -0.0488. The van der Waals surface area contributed by atoms with Crippen LogP contribution in [0.2, 0.25) is 0 Å². The zero-order valence-electron chi connectivity index (χ0n) is 5.40. The predicted octanol–water partition coefficient (Wildman–Crippen LogP) is -1.76. The van der Waals surface area contributed by atoms with Gasteiger partial charge in [0.15, 0.2) is 0 Å². The number of aliphatic hydroxyl groups is 3. The molecule has 1 saturated heterocycles. The number of hydrogen-bond acceptors (Lipinski definition) is 4. The molecule has 3 N–H and O–H groups in total. The average Bonchev–Trinajstić information content (AvgIpc) is 2.51. The van der Waals surface area contributed by atoms with Crippen molar-refractivity contribution in [2.45, 2.75) is 30.3 Å². The fourth-order valence-corrected chi connectivity index (χ4v) is 1.47. The molecule has 2 aliphatic rings. The lowest BCUT2D eigenvalue weighted by Crippen LogP contribution is -2.36. The van der Waals surface area contributed by atoms with Crippen molar-refractivity contribution in [1.82, 2.24) is 0 Å². The quantitative estimate of drug-likeness (QED) is 0.410. The molecule has 1 heterocycles. The first-order chi connectivity index (χ1) is 4.68. The molecule has 1 aliphatic carbocycles. The monoisotopic (exact) mass is 146 g/mol. The molecule has 0 spiro atoms. The normalized spacial score (nSPS) is 58.5. The first kappa shape index (κ1) is 6.54. The number of rotatable bonds is 1. The zero-order chi connectivity index (χ0) is 7.35. The summed E-state index contributed by atoms with van der Waals surface area (Å²) in [5.41, 5.74) is -1.03. The minimum Gasteiger partial charge on any atom is -0.394 e. The van der Waals surface area contributed by atoms with E-state index < -0.39 is 17.8 Å². The molecule has 2 unspecified atom stereocenters. The smallest absolute Gasteiger partial charge is 0.122 e. The van der Waals surface area contributed by atoms with Gasteiger partial charge in [0.25, 0.3) is 0 Å². The van der Waals surface area contributed by atoms with Gasteiger partial charge in [-0.15, -0.1) is 0 Å². The predicted molar refractivity (Wildman–Crippen MR) is 31.3 cm³/mol. The Morgan fingerprint density at radius 3 is 2.60 bits per heavy atom. The molecule has 10 heavy (non-hydrogen) atoms. The summed E-state index contributed by atoms with van der Waals surface area (Å²) in [4.78, 5) is 0. The minimum absolute atomic E-state index is 0.222. The van der Waals surface area contributed by atoms with Crippen molar-refractivity contribution in [3.05, 3.63) is 0 Å². The number of fused-ring (bicyclic) bond motifs is 1. The average molecular weight is 146 g/mol. The largest absolute Gasteiger partial charge is 0.394 e. The first-order valence-corrected chi connectivity index (χ1v) is 3.35. The molecular weight excluding hydrogens is 136 g/mol. The molecule has 0 aromatic carbocycles. The molecule has 58 valence electrons. The van der Waals surface area contributed by atoms with Crippen LogP contribution in [0.5, 0.6) is 0 Å². The maximum absolute atomic E-state index is 9.35. The van der Waals surface area contributed by atoms with Gasteiger partial charge in [0, 0.05) is 6.42 Å². The highest BCUT2D eigenvalue weighted by molar-refractivity contribution is 5.17. The van der Waals surface area contributed by atoms with E-state index in [1.165, 1.54) is 0 Å². The van der Waals surface area contributed by atoms with Crippen molar-refractivity contribution in [2.24, 2.45) is 0 Å². The van der Waals surface area contributed by atoms with Crippen LogP contribution in [-0.4, -0.2) is 45.8 Å². The van der Waals surface area contributed by atoms with Crippen molar-refractivity contribution in [2.75, 3.05) is 6.61 Å². The number of hydrogen-bond donors (Lipinski definition) is 3. The lowest BCUT2D eigenvalue weighted by atomic mass is 10.1. The summed E-state index contributed by atoms with van der Waals surface area (Å²) in [5.74, 6) is 0. The highest BCUT2D eigenvalue weighted by Crippen LogP contribution is 2.49. The highest BCUT2D eigenvalue weighted by Gasteiger charge is 2.67. The summed E-state index contributed by atoms with van der Waals surface area (Å²) >= 11 is 0. The molecule has 4 heteroatoms. The molecule has 0 aromatic heterocycles. The van der Waals surface area contributed by atoms with E-state index in [9.17, 15) is 10.2 Å². The van der Waals surface area contributed by atoms with E-state index in [4.69, 9.17) is 9.84 Å². The van der Waals surface area contributed by atoms with Crippen molar-refractivity contribution in [3.63, 3.8) is 0 Å². The summed E-state index contributed by atoms with van der Waals surface area (Å²) < 4.78 is 5.05. The molecule has 2 rings (SSSR count). The molecule has 0 radical (unpaired) electrons. The highest BCUT2D eigenvalue weighted by atomic mass is 16.6. The van der Waals surface area contributed by atoms with Crippen LogP contribution < -0.4 is 0 Å². The van der Waals surface area contributed by atoms with E-state index in [1.54, 1.807) is 0 Å². The van der Waals surface area contributed by atoms with E-state index in [-0.39, 0.29) is 12.7 Å². The lowest BCUT2D eigenvalue weighted by Gasteiger charge is -2.16. The van der Waals surface area contributed by atoms with E-state index in [1.807, 2.05) is 0 Å². The second-order valence-corrected chi connectivity index (χ2v) is 2.99. The van der Waals surface area contributed by atoms with E-state index in [0.717, 1.165) is 0 Å². The minimum atomic E-state index is -1.03. The zero-order valence-corrected chi connectivity index (χ0v) is 5.40. The molecular formula is C6H10O4. The Morgan fingerprint density at radius 2 is 2.30 bits per heavy atom. The van der Waals surface area contributed by atoms with Gasteiger partial charge in [0.2, 0.25) is 0 Å².